The van der Waals surface area contributed by atoms with Crippen molar-refractivity contribution >= 4 is 11.8 Å². The van der Waals surface area contributed by atoms with Gasteiger partial charge in [-0.05, 0) is 42.3 Å². The second-order valence-electron chi connectivity index (χ2n) is 7.57. The number of nitrogens with one attached hydrogen (secondary N) is 1. The zero-order chi connectivity index (χ0) is 22.9. The van der Waals surface area contributed by atoms with E-state index < -0.39 is 6.04 Å². The lowest BCUT2D eigenvalue weighted by molar-refractivity contribution is -0.142. The smallest absolute Gasteiger partial charge is 0.261 e. The van der Waals surface area contributed by atoms with Crippen LogP contribution in [0.5, 0.6) is 5.75 Å². The van der Waals surface area contributed by atoms with Crippen molar-refractivity contribution in [3.05, 3.63) is 101 Å². The Labute approximate surface area is 187 Å². The van der Waals surface area contributed by atoms with Gasteiger partial charge in [0.1, 0.15) is 17.6 Å². The fourth-order valence-electron chi connectivity index (χ4n) is 3.37. The van der Waals surface area contributed by atoms with Crippen LogP contribution in [-0.2, 0) is 22.6 Å². The zero-order valence-corrected chi connectivity index (χ0v) is 18.3. The molecule has 3 rings (SSSR count). The quantitative estimate of drug-likeness (QED) is 0.556. The molecule has 3 aromatic carbocycles. The number of aryl methyl sites for hydroxylation is 1. The third kappa shape index (κ3) is 6.41. The molecule has 0 bridgehead atoms. The second kappa shape index (κ2) is 11.1. The number of nitrogens with zero attached hydrogens (tertiary/aromatic N) is 1. The van der Waals surface area contributed by atoms with Crippen molar-refractivity contribution < 1.29 is 18.7 Å². The van der Waals surface area contributed by atoms with Crippen LogP contribution in [0.3, 0.4) is 0 Å². The van der Waals surface area contributed by atoms with Gasteiger partial charge in [-0.15, -0.1) is 0 Å². The highest BCUT2D eigenvalue weighted by Gasteiger charge is 2.30. The molecule has 0 aliphatic heterocycles. The first-order chi connectivity index (χ1) is 15.5. The first-order valence-corrected chi connectivity index (χ1v) is 10.4. The molecule has 6 heteroatoms. The first kappa shape index (κ1) is 23.0. The Kier molecular flexibility index (Phi) is 7.97. The molecular formula is C26H27FN2O3. The van der Waals surface area contributed by atoms with Crippen LogP contribution in [0.2, 0.25) is 0 Å². The predicted octanol–water partition coefficient (Wildman–Crippen LogP) is 3.90. The summed E-state index contributed by atoms with van der Waals surface area (Å²) in [5.74, 6) is -0.586. The maximum Gasteiger partial charge on any atom is 0.261 e. The number of hydrogen-bond acceptors (Lipinski definition) is 3. The average molecular weight is 435 g/mol. The minimum atomic E-state index is -0.715. The zero-order valence-electron chi connectivity index (χ0n) is 18.3. The third-order valence-electron chi connectivity index (χ3n) is 5.17. The molecule has 3 aromatic rings. The van der Waals surface area contributed by atoms with Gasteiger partial charge in [0.25, 0.3) is 5.91 Å². The van der Waals surface area contributed by atoms with Crippen LogP contribution in [-0.4, -0.2) is 36.4 Å². The maximum absolute atomic E-state index is 13.3. The Morgan fingerprint density at radius 2 is 1.59 bits per heavy atom. The molecular weight excluding hydrogens is 407 g/mol. The summed E-state index contributed by atoms with van der Waals surface area (Å²) in [6.07, 6.45) is 0.370. The fourth-order valence-corrected chi connectivity index (χ4v) is 3.37. The molecule has 2 amide bonds. The summed E-state index contributed by atoms with van der Waals surface area (Å²) >= 11 is 0. The Bertz CT molecular complexity index is 1020. The Balaban J connectivity index is 1.85. The van der Waals surface area contributed by atoms with Gasteiger partial charge in [-0.25, -0.2) is 4.39 Å². The second-order valence-corrected chi connectivity index (χ2v) is 7.57. The van der Waals surface area contributed by atoms with Crippen molar-refractivity contribution in [3.63, 3.8) is 0 Å². The highest BCUT2D eigenvalue weighted by molar-refractivity contribution is 5.88. The van der Waals surface area contributed by atoms with Gasteiger partial charge in [0, 0.05) is 20.0 Å². The summed E-state index contributed by atoms with van der Waals surface area (Å²) in [5.41, 5.74) is 2.97. The van der Waals surface area contributed by atoms with Crippen molar-refractivity contribution in [1.29, 1.82) is 0 Å². The summed E-state index contributed by atoms with van der Waals surface area (Å²) in [6, 6.07) is 22.2. The molecule has 0 radical (unpaired) electrons. The molecule has 166 valence electrons. The minimum Gasteiger partial charge on any atom is -0.484 e. The van der Waals surface area contributed by atoms with Crippen LogP contribution in [0.25, 0.3) is 0 Å². The van der Waals surface area contributed by atoms with E-state index in [0.717, 1.165) is 16.7 Å². The van der Waals surface area contributed by atoms with E-state index in [9.17, 15) is 14.0 Å². The highest BCUT2D eigenvalue weighted by atomic mass is 19.1. The summed E-state index contributed by atoms with van der Waals surface area (Å²) in [4.78, 5) is 27.6. The normalized spacial score (nSPS) is 11.5. The average Bonchev–Trinajstić information content (AvgIpc) is 2.82. The number of halogens is 1. The molecule has 0 fully saturated rings. The molecule has 0 aliphatic carbocycles. The minimum absolute atomic E-state index is 0.254. The highest BCUT2D eigenvalue weighted by Crippen LogP contribution is 2.17. The topological polar surface area (TPSA) is 58.6 Å². The molecule has 1 unspecified atom stereocenters. The first-order valence-electron chi connectivity index (χ1n) is 10.4. The van der Waals surface area contributed by atoms with Crippen LogP contribution in [0.1, 0.15) is 16.7 Å². The summed E-state index contributed by atoms with van der Waals surface area (Å²) in [7, 11) is 1.56. The summed E-state index contributed by atoms with van der Waals surface area (Å²) < 4.78 is 18.7. The van der Waals surface area contributed by atoms with Crippen LogP contribution >= 0.6 is 0 Å². The van der Waals surface area contributed by atoms with Gasteiger partial charge in [0.15, 0.2) is 6.61 Å². The summed E-state index contributed by atoms with van der Waals surface area (Å²) in [5, 5.41) is 2.68. The van der Waals surface area contributed by atoms with E-state index in [1.807, 2.05) is 61.5 Å². The molecule has 5 nitrogen and oxygen atoms in total. The van der Waals surface area contributed by atoms with Crippen molar-refractivity contribution in [2.75, 3.05) is 13.7 Å². The van der Waals surface area contributed by atoms with E-state index in [0.29, 0.717) is 12.2 Å². The molecule has 1 N–H and O–H groups in total. The van der Waals surface area contributed by atoms with Crippen LogP contribution < -0.4 is 10.1 Å². The van der Waals surface area contributed by atoms with E-state index in [2.05, 4.69) is 5.32 Å². The van der Waals surface area contributed by atoms with E-state index >= 15 is 0 Å². The molecule has 0 heterocycles. The van der Waals surface area contributed by atoms with E-state index in [-0.39, 0.29) is 30.8 Å². The number of ether oxygens (including phenoxy) is 1. The fraction of sp³-hybridized carbons (Fsp3) is 0.231. The van der Waals surface area contributed by atoms with Gasteiger partial charge in [0.05, 0.1) is 0 Å². The van der Waals surface area contributed by atoms with Gasteiger partial charge in [-0.2, -0.15) is 0 Å². The molecule has 0 aliphatic rings. The number of rotatable bonds is 9. The summed E-state index contributed by atoms with van der Waals surface area (Å²) in [6.45, 7) is 1.99. The predicted molar refractivity (Wildman–Crippen MR) is 122 cm³/mol. The Morgan fingerprint density at radius 3 is 2.22 bits per heavy atom. The molecule has 0 spiro atoms. The van der Waals surface area contributed by atoms with Crippen LogP contribution in [0.15, 0.2) is 78.9 Å². The van der Waals surface area contributed by atoms with Crippen molar-refractivity contribution in [1.82, 2.24) is 10.2 Å². The number of carbonyl (C=O) groups is 2. The molecule has 1 atom stereocenters. The van der Waals surface area contributed by atoms with Crippen molar-refractivity contribution in [2.45, 2.75) is 25.9 Å². The Morgan fingerprint density at radius 1 is 0.938 bits per heavy atom. The number of benzene rings is 3. The number of likely N-dealkylation sites (N-methyl/N-ethyl adjacent to an activating group) is 1. The molecule has 0 aromatic heterocycles. The van der Waals surface area contributed by atoms with Gasteiger partial charge in [-0.1, -0.05) is 60.2 Å². The van der Waals surface area contributed by atoms with E-state index in [1.54, 1.807) is 11.9 Å². The van der Waals surface area contributed by atoms with Crippen LogP contribution in [0, 0.1) is 12.7 Å². The van der Waals surface area contributed by atoms with E-state index in [1.165, 1.54) is 24.3 Å². The standard InChI is InChI=1S/C26H27FN2O3/c1-19-8-10-21(11-9-19)17-29(25(30)18-32-23-14-12-22(27)13-15-23)24(26(31)28-2)16-20-6-4-3-5-7-20/h3-15,24H,16-18H2,1-2H3,(H,28,31). The molecule has 0 saturated carbocycles. The number of carbonyl (C=O) groups excluding carboxylic acids is 2. The van der Waals surface area contributed by atoms with Crippen molar-refractivity contribution in [2.24, 2.45) is 0 Å². The van der Waals surface area contributed by atoms with E-state index in [4.69, 9.17) is 4.74 Å². The Hall–Kier alpha value is -3.67. The lowest BCUT2D eigenvalue weighted by Gasteiger charge is -2.31. The number of amides is 2. The maximum atomic E-state index is 13.3. The van der Waals surface area contributed by atoms with Crippen LogP contribution in [0.4, 0.5) is 4.39 Å². The van der Waals surface area contributed by atoms with Gasteiger partial charge < -0.3 is 15.0 Å². The lowest BCUT2D eigenvalue weighted by Crippen LogP contribution is -2.51. The molecule has 32 heavy (non-hydrogen) atoms. The third-order valence-corrected chi connectivity index (χ3v) is 5.17. The largest absolute Gasteiger partial charge is 0.484 e. The van der Waals surface area contributed by atoms with Gasteiger partial charge in [0.2, 0.25) is 5.91 Å². The molecule has 0 saturated heterocycles. The SMILES string of the molecule is CNC(=O)C(Cc1ccccc1)N(Cc1ccc(C)cc1)C(=O)COc1ccc(F)cc1. The van der Waals surface area contributed by atoms with Gasteiger partial charge in [-0.3, -0.25) is 9.59 Å². The number of hydrogen-bond donors (Lipinski definition) is 1. The lowest BCUT2D eigenvalue weighted by atomic mass is 10.0. The monoisotopic (exact) mass is 434 g/mol. The van der Waals surface area contributed by atoms with Gasteiger partial charge >= 0.3 is 0 Å². The van der Waals surface area contributed by atoms with Crippen molar-refractivity contribution in [3.8, 4) is 5.75 Å².